The van der Waals surface area contributed by atoms with Gasteiger partial charge in [0, 0.05) is 37.7 Å². The highest BCUT2D eigenvalue weighted by molar-refractivity contribution is 6.32. The summed E-state index contributed by atoms with van der Waals surface area (Å²) in [4.78, 5) is 19.0. The highest BCUT2D eigenvalue weighted by atomic mass is 35.5. The minimum absolute atomic E-state index is 0.101. The van der Waals surface area contributed by atoms with Gasteiger partial charge in [-0.05, 0) is 77.9 Å². The van der Waals surface area contributed by atoms with E-state index in [1.807, 2.05) is 41.5 Å². The van der Waals surface area contributed by atoms with Crippen LogP contribution in [0.4, 0.5) is 20.4 Å². The van der Waals surface area contributed by atoms with Crippen LogP contribution in [0.1, 0.15) is 75.9 Å². The summed E-state index contributed by atoms with van der Waals surface area (Å²) in [6.45, 7) is 11.1. The minimum Gasteiger partial charge on any atom is -0.495 e. The van der Waals surface area contributed by atoms with E-state index in [0.717, 1.165) is 0 Å². The van der Waals surface area contributed by atoms with Crippen molar-refractivity contribution < 1.29 is 37.8 Å². The molecule has 6 aromatic rings. The van der Waals surface area contributed by atoms with E-state index in [1.165, 1.54) is 49.2 Å². The third kappa shape index (κ3) is 11.1. The van der Waals surface area contributed by atoms with Gasteiger partial charge in [-0.15, -0.1) is 0 Å². The number of methoxy groups -OCH3 is 4. The molecule has 1 aliphatic heterocycles. The molecule has 0 saturated heterocycles. The molecule has 0 spiro atoms. The van der Waals surface area contributed by atoms with Crippen LogP contribution in [-0.4, -0.2) is 86.0 Å². The molecule has 2 atom stereocenters. The topological polar surface area (TPSA) is 214 Å². The molecule has 18 nitrogen and oxygen atoms in total. The first-order valence-electron chi connectivity index (χ1n) is 18.7. The number of aromatic nitrogens is 6. The summed E-state index contributed by atoms with van der Waals surface area (Å²) >= 11 is 12.2. The van der Waals surface area contributed by atoms with Crippen LogP contribution in [-0.2, 0) is 14.3 Å². The Labute approximate surface area is 365 Å². The first kappa shape index (κ1) is 47.0. The molecule has 22 heteroatoms. The lowest BCUT2D eigenvalue weighted by molar-refractivity contribution is -0.178. The van der Waals surface area contributed by atoms with Gasteiger partial charge in [-0.25, -0.2) is 43.1 Å². The van der Waals surface area contributed by atoms with Gasteiger partial charge in [0.1, 0.15) is 34.8 Å². The van der Waals surface area contributed by atoms with Gasteiger partial charge in [0.2, 0.25) is 0 Å². The average molecular weight is 902 g/mol. The first-order chi connectivity index (χ1) is 29.3. The molecule has 0 saturated carbocycles. The molecule has 332 valence electrons. The van der Waals surface area contributed by atoms with E-state index in [9.17, 15) is 8.78 Å². The highest BCUT2D eigenvalue weighted by Gasteiger charge is 2.28. The number of nitrogens with two attached hydrogens (primary N) is 1. The lowest BCUT2D eigenvalue weighted by Gasteiger charge is -2.19. The second-order valence-electron chi connectivity index (χ2n) is 14.4. The zero-order chi connectivity index (χ0) is 45.5. The van der Waals surface area contributed by atoms with Gasteiger partial charge < -0.3 is 40.5 Å². The van der Waals surface area contributed by atoms with Crippen molar-refractivity contribution >= 4 is 57.8 Å². The van der Waals surface area contributed by atoms with Crippen molar-refractivity contribution in [3.8, 4) is 11.5 Å². The largest absolute Gasteiger partial charge is 0.495 e. The fourth-order valence-electron chi connectivity index (χ4n) is 5.82. The molecule has 0 unspecified atom stereocenters. The number of nitrogens with zero attached hydrogens (tertiary/aromatic N) is 8. The van der Waals surface area contributed by atoms with E-state index in [-0.39, 0.29) is 28.0 Å². The maximum absolute atomic E-state index is 13.9. The van der Waals surface area contributed by atoms with Crippen LogP contribution >= 0.6 is 23.2 Å². The number of oxime groups is 1. The van der Waals surface area contributed by atoms with Gasteiger partial charge in [-0.2, -0.15) is 10.2 Å². The fraction of sp³-hybridized carbons (Fsp3) is 0.350. The van der Waals surface area contributed by atoms with E-state index in [0.29, 0.717) is 62.5 Å². The summed E-state index contributed by atoms with van der Waals surface area (Å²) in [6, 6.07) is 7.95. The fourth-order valence-corrected chi connectivity index (χ4v) is 6.40. The second-order valence-corrected chi connectivity index (χ2v) is 15.2. The Morgan fingerprint density at radius 2 is 1.34 bits per heavy atom. The molecular formula is C40H48Cl2F2N12O6. The number of hydrogen-bond donors (Lipinski definition) is 5. The Kier molecular flexibility index (Phi) is 15.0. The molecule has 7 rings (SSSR count). The van der Waals surface area contributed by atoms with Crippen molar-refractivity contribution in [3.63, 3.8) is 0 Å². The van der Waals surface area contributed by atoms with Crippen LogP contribution in [0.15, 0.2) is 71.3 Å². The lowest BCUT2D eigenvalue weighted by Crippen LogP contribution is -2.24. The number of anilines is 2. The summed E-state index contributed by atoms with van der Waals surface area (Å²) in [7, 11) is 6.19. The van der Waals surface area contributed by atoms with Crippen molar-refractivity contribution in [1.29, 1.82) is 0 Å². The molecule has 1 aliphatic rings. The zero-order valence-electron chi connectivity index (χ0n) is 35.6. The molecule has 6 N–H and O–H groups in total. The predicted molar refractivity (Wildman–Crippen MR) is 231 cm³/mol. The molecule has 0 aliphatic carbocycles. The van der Waals surface area contributed by atoms with Crippen LogP contribution in [0.25, 0.3) is 11.3 Å². The number of fused-ring (bicyclic) bond motifs is 2. The SMILES string of the molecule is COC(C)(C)OC.COc1c(Cl)cc(F)cc1[C@@H](C)Nc1ccn2ncc(/C(N)=N/O)c2n1.COc1c(Cl)cc(F)cc1[C@@H](C)Nc1ccn2ncc(C3=NC(C)(C)ON3)c2n1. The lowest BCUT2D eigenvalue weighted by atomic mass is 10.1. The van der Waals surface area contributed by atoms with Crippen LogP contribution in [0, 0.1) is 11.6 Å². The molecule has 0 amide bonds. The molecule has 4 aromatic heterocycles. The Hall–Kier alpha value is -6.06. The molecule has 62 heavy (non-hydrogen) atoms. The zero-order valence-corrected chi connectivity index (χ0v) is 37.1. The molecule has 0 fully saturated rings. The van der Waals surface area contributed by atoms with Crippen LogP contribution in [0.2, 0.25) is 10.0 Å². The van der Waals surface area contributed by atoms with Gasteiger partial charge in [0.25, 0.3) is 0 Å². The Morgan fingerprint density at radius 3 is 1.77 bits per heavy atom. The Bertz CT molecular complexity index is 2580. The van der Waals surface area contributed by atoms with Gasteiger partial charge in [-0.3, -0.25) is 0 Å². The molecule has 0 radical (unpaired) electrons. The minimum atomic E-state index is -0.666. The van der Waals surface area contributed by atoms with E-state index in [2.05, 4.69) is 46.4 Å². The van der Waals surface area contributed by atoms with E-state index in [1.54, 1.807) is 49.5 Å². The van der Waals surface area contributed by atoms with Crippen molar-refractivity contribution in [2.45, 2.75) is 65.1 Å². The summed E-state index contributed by atoms with van der Waals surface area (Å²) in [5.74, 6) is 1.01. The predicted octanol–water partition coefficient (Wildman–Crippen LogP) is 7.53. The Morgan fingerprint density at radius 1 is 0.855 bits per heavy atom. The Balaban J connectivity index is 0.000000204. The summed E-state index contributed by atoms with van der Waals surface area (Å²) in [6.07, 6.45) is 6.56. The van der Waals surface area contributed by atoms with E-state index >= 15 is 0 Å². The third-order valence-corrected chi connectivity index (χ3v) is 9.84. The van der Waals surface area contributed by atoms with Gasteiger partial charge in [0.15, 0.2) is 34.5 Å². The first-order valence-corrected chi connectivity index (χ1v) is 19.5. The summed E-state index contributed by atoms with van der Waals surface area (Å²) < 4.78 is 51.1. The molecule has 2 aromatic carbocycles. The van der Waals surface area contributed by atoms with Crippen molar-refractivity contribution in [2.24, 2.45) is 15.9 Å². The number of aliphatic imine (C=N–C) groups is 1. The number of benzene rings is 2. The molecule has 0 bridgehead atoms. The monoisotopic (exact) mass is 900 g/mol. The standard InChI is InChI=1S/C19H20ClFN6O2.C16H16ClFN6O2.C5H12O2/c1-10(12-7-11(21)8-14(20)16(12)28-4)23-15-5-6-27-18(24-15)13(9-22-27)17-25-19(2,3)29-26-17;1-8(10-5-9(18)6-12(17)14(10)26-2)21-13-3-4-24-16(22-13)11(7-20-24)15(19)23-25;1-5(2,6-3)7-4/h5-10H,1-4H3,(H,23,24)(H,25,26);3-8,25H,1-2H3,(H2,19,23)(H,21,22);1-4H3/t10-;8-;/m11./s1. The number of nitrogens with one attached hydrogen (secondary N) is 3. The van der Waals surface area contributed by atoms with Crippen molar-refractivity contribution in [3.05, 3.63) is 105 Å². The number of rotatable bonds is 12. The molecule has 5 heterocycles. The number of ether oxygens (including phenoxy) is 4. The van der Waals surface area contributed by atoms with Gasteiger partial charge in [-0.1, -0.05) is 28.4 Å². The smallest absolute Gasteiger partial charge is 0.182 e. The summed E-state index contributed by atoms with van der Waals surface area (Å²) in [5.41, 5.74) is 11.0. The van der Waals surface area contributed by atoms with Crippen LogP contribution in [0.5, 0.6) is 11.5 Å². The van der Waals surface area contributed by atoms with Crippen molar-refractivity contribution in [1.82, 2.24) is 34.7 Å². The highest BCUT2D eigenvalue weighted by Crippen LogP contribution is 2.36. The third-order valence-electron chi connectivity index (χ3n) is 9.28. The number of halogens is 4. The van der Waals surface area contributed by atoms with E-state index in [4.69, 9.17) is 57.9 Å². The van der Waals surface area contributed by atoms with Crippen LogP contribution in [0.3, 0.4) is 0 Å². The van der Waals surface area contributed by atoms with Crippen LogP contribution < -0.4 is 31.3 Å². The van der Waals surface area contributed by atoms with Gasteiger partial charge in [0.05, 0.1) is 59.9 Å². The maximum atomic E-state index is 13.9. The number of amidine groups is 2. The van der Waals surface area contributed by atoms with Crippen molar-refractivity contribution in [2.75, 3.05) is 39.1 Å². The average Bonchev–Trinajstić information content (AvgIpc) is 3.96. The second kappa shape index (κ2) is 19.8. The van der Waals surface area contributed by atoms with Gasteiger partial charge >= 0.3 is 0 Å². The normalized spacial score (nSPS) is 14.5. The molecular weight excluding hydrogens is 853 g/mol. The quantitative estimate of drug-likeness (QED) is 0.0264. The summed E-state index contributed by atoms with van der Waals surface area (Å²) in [5, 5.41) is 27.0. The number of hydroxylamine groups is 1. The maximum Gasteiger partial charge on any atom is 0.182 e. The van der Waals surface area contributed by atoms with E-state index < -0.39 is 23.1 Å². The number of hydrogen-bond acceptors (Lipinski definition) is 15.